The summed E-state index contributed by atoms with van der Waals surface area (Å²) in [5.41, 5.74) is 4.15. The second kappa shape index (κ2) is 7.07. The Bertz CT molecular complexity index is 865. The first-order valence-corrected chi connectivity index (χ1v) is 8.42. The van der Waals surface area contributed by atoms with Crippen molar-refractivity contribution >= 4 is 17.6 Å². The summed E-state index contributed by atoms with van der Waals surface area (Å²) in [5, 5.41) is 12.5. The number of amides is 1. The zero-order valence-electron chi connectivity index (χ0n) is 15.0. The average molecular weight is 355 g/mol. The lowest BCUT2D eigenvalue weighted by Gasteiger charge is -2.16. The molecule has 1 aliphatic rings. The van der Waals surface area contributed by atoms with Crippen LogP contribution in [0.25, 0.3) is 0 Å². The maximum atomic E-state index is 11.7. The first-order chi connectivity index (χ1) is 12.4. The highest BCUT2D eigenvalue weighted by atomic mass is 16.5. The summed E-state index contributed by atoms with van der Waals surface area (Å²) in [6.45, 7) is 3.74. The minimum Gasteiger partial charge on any atom is -0.508 e. The number of hydrogen-bond acceptors (Lipinski definition) is 5. The number of aryl methyl sites for hydroxylation is 2. The number of ether oxygens (including phenoxy) is 2. The Labute approximate surface area is 151 Å². The van der Waals surface area contributed by atoms with Crippen LogP contribution < -0.4 is 10.1 Å². The second-order valence-corrected chi connectivity index (χ2v) is 6.38. The number of phenolic OH excluding ortho intramolecular Hbond substituents is 1. The van der Waals surface area contributed by atoms with Crippen molar-refractivity contribution in [3.05, 3.63) is 46.5 Å². The van der Waals surface area contributed by atoms with Gasteiger partial charge in [-0.3, -0.25) is 4.79 Å². The highest BCUT2D eigenvalue weighted by Crippen LogP contribution is 2.40. The number of carbonyl (C=O) groups excluding carboxylic acids is 2. The quantitative estimate of drug-likeness (QED) is 0.651. The van der Waals surface area contributed by atoms with Crippen LogP contribution in [0.3, 0.4) is 0 Å². The van der Waals surface area contributed by atoms with Crippen molar-refractivity contribution in [2.75, 3.05) is 12.4 Å². The number of phenols is 1. The SMILES string of the molecule is COC(=O)C(=O)Nc1cc(C)c(Oc2ccc(O)c3c2CCC3)c(C)c1. The van der Waals surface area contributed by atoms with Gasteiger partial charge in [0.15, 0.2) is 0 Å². The van der Waals surface area contributed by atoms with E-state index in [2.05, 4.69) is 10.1 Å². The number of rotatable bonds is 3. The smallest absolute Gasteiger partial charge is 0.396 e. The zero-order chi connectivity index (χ0) is 18.8. The number of benzene rings is 2. The first kappa shape index (κ1) is 17.8. The number of aromatic hydroxyl groups is 1. The molecule has 0 atom stereocenters. The fraction of sp³-hybridized carbons (Fsp3) is 0.300. The van der Waals surface area contributed by atoms with E-state index in [1.54, 1.807) is 24.3 Å². The summed E-state index contributed by atoms with van der Waals surface area (Å²) in [4.78, 5) is 22.9. The predicted molar refractivity (Wildman–Crippen MR) is 96.8 cm³/mol. The van der Waals surface area contributed by atoms with Gasteiger partial charge in [0, 0.05) is 16.8 Å². The third-order valence-corrected chi connectivity index (χ3v) is 4.52. The number of esters is 1. The number of carbonyl (C=O) groups is 2. The van der Waals surface area contributed by atoms with E-state index in [-0.39, 0.29) is 0 Å². The van der Waals surface area contributed by atoms with Gasteiger partial charge in [-0.25, -0.2) is 4.79 Å². The average Bonchev–Trinajstić information content (AvgIpc) is 3.10. The molecule has 6 nitrogen and oxygen atoms in total. The van der Waals surface area contributed by atoms with E-state index in [4.69, 9.17) is 4.74 Å². The Hall–Kier alpha value is -3.02. The van der Waals surface area contributed by atoms with Crippen LogP contribution in [0.4, 0.5) is 5.69 Å². The molecule has 3 rings (SSSR count). The summed E-state index contributed by atoms with van der Waals surface area (Å²) in [6, 6.07) is 6.92. The lowest BCUT2D eigenvalue weighted by molar-refractivity contribution is -0.150. The third kappa shape index (κ3) is 3.35. The summed E-state index contributed by atoms with van der Waals surface area (Å²) >= 11 is 0. The standard InChI is InChI=1S/C20H21NO5/c1-11-9-13(21-19(23)20(24)25-3)10-12(2)18(11)26-17-8-7-16(22)14-5-4-6-15(14)17/h7-10,22H,4-6H2,1-3H3,(H,21,23). The molecule has 0 aromatic heterocycles. The molecular formula is C20H21NO5. The maximum Gasteiger partial charge on any atom is 0.396 e. The predicted octanol–water partition coefficient (Wildman–Crippen LogP) is 3.40. The van der Waals surface area contributed by atoms with Crippen LogP contribution >= 0.6 is 0 Å². The molecular weight excluding hydrogens is 334 g/mol. The molecule has 0 aliphatic heterocycles. The minimum atomic E-state index is -0.944. The van der Waals surface area contributed by atoms with Crippen LogP contribution in [0.1, 0.15) is 28.7 Å². The lowest BCUT2D eigenvalue weighted by atomic mass is 10.1. The molecule has 1 amide bonds. The van der Waals surface area contributed by atoms with Crippen molar-refractivity contribution in [3.63, 3.8) is 0 Å². The van der Waals surface area contributed by atoms with E-state index < -0.39 is 11.9 Å². The van der Waals surface area contributed by atoms with Gasteiger partial charge in [-0.05, 0) is 68.5 Å². The monoisotopic (exact) mass is 355 g/mol. The van der Waals surface area contributed by atoms with Gasteiger partial charge in [0.1, 0.15) is 17.2 Å². The second-order valence-electron chi connectivity index (χ2n) is 6.38. The maximum absolute atomic E-state index is 11.7. The number of fused-ring (bicyclic) bond motifs is 1. The lowest BCUT2D eigenvalue weighted by Crippen LogP contribution is -2.23. The normalized spacial score (nSPS) is 12.4. The fourth-order valence-corrected chi connectivity index (χ4v) is 3.32. The number of nitrogens with one attached hydrogen (secondary N) is 1. The molecule has 0 radical (unpaired) electrons. The van der Waals surface area contributed by atoms with E-state index in [0.29, 0.717) is 17.2 Å². The van der Waals surface area contributed by atoms with Crippen LogP contribution in [0, 0.1) is 13.8 Å². The Morgan fingerprint density at radius 3 is 2.38 bits per heavy atom. The van der Waals surface area contributed by atoms with Crippen molar-refractivity contribution in [2.45, 2.75) is 33.1 Å². The highest BCUT2D eigenvalue weighted by molar-refractivity contribution is 6.37. The Morgan fingerprint density at radius 2 is 1.73 bits per heavy atom. The molecule has 0 saturated heterocycles. The Morgan fingerprint density at radius 1 is 1.08 bits per heavy atom. The van der Waals surface area contributed by atoms with E-state index in [0.717, 1.165) is 54.4 Å². The molecule has 0 unspecified atom stereocenters. The Kier molecular flexibility index (Phi) is 4.84. The van der Waals surface area contributed by atoms with Gasteiger partial charge < -0.3 is 19.9 Å². The van der Waals surface area contributed by atoms with Gasteiger partial charge in [0.25, 0.3) is 0 Å². The van der Waals surface area contributed by atoms with Gasteiger partial charge in [-0.1, -0.05) is 0 Å². The van der Waals surface area contributed by atoms with Crippen molar-refractivity contribution in [1.29, 1.82) is 0 Å². The van der Waals surface area contributed by atoms with Gasteiger partial charge in [-0.2, -0.15) is 0 Å². The van der Waals surface area contributed by atoms with Gasteiger partial charge in [-0.15, -0.1) is 0 Å². The van der Waals surface area contributed by atoms with E-state index in [1.165, 1.54) is 0 Å². The molecule has 2 aromatic carbocycles. The molecule has 136 valence electrons. The first-order valence-electron chi connectivity index (χ1n) is 8.42. The zero-order valence-corrected chi connectivity index (χ0v) is 15.0. The molecule has 0 spiro atoms. The summed E-state index contributed by atoms with van der Waals surface area (Å²) < 4.78 is 10.6. The molecule has 0 heterocycles. The highest BCUT2D eigenvalue weighted by Gasteiger charge is 2.21. The van der Waals surface area contributed by atoms with E-state index in [9.17, 15) is 14.7 Å². The van der Waals surface area contributed by atoms with Crippen molar-refractivity contribution < 1.29 is 24.2 Å². The Balaban J connectivity index is 1.87. The summed E-state index contributed by atoms with van der Waals surface area (Å²) in [6.07, 6.45) is 2.74. The number of hydrogen-bond donors (Lipinski definition) is 2. The molecule has 0 fully saturated rings. The molecule has 26 heavy (non-hydrogen) atoms. The molecule has 0 bridgehead atoms. The van der Waals surface area contributed by atoms with E-state index >= 15 is 0 Å². The molecule has 2 aromatic rings. The summed E-state index contributed by atoms with van der Waals surface area (Å²) in [5.74, 6) is -0.00974. The van der Waals surface area contributed by atoms with E-state index in [1.807, 2.05) is 13.8 Å². The molecule has 6 heteroatoms. The fourth-order valence-electron chi connectivity index (χ4n) is 3.32. The van der Waals surface area contributed by atoms with Crippen LogP contribution in [0.5, 0.6) is 17.2 Å². The largest absolute Gasteiger partial charge is 0.508 e. The minimum absolute atomic E-state index is 0.319. The van der Waals surface area contributed by atoms with Crippen molar-refractivity contribution in [3.8, 4) is 17.2 Å². The van der Waals surface area contributed by atoms with Crippen LogP contribution in [0.15, 0.2) is 24.3 Å². The number of anilines is 1. The van der Waals surface area contributed by atoms with Gasteiger partial charge >= 0.3 is 11.9 Å². The summed E-state index contributed by atoms with van der Waals surface area (Å²) in [7, 11) is 1.16. The molecule has 0 saturated carbocycles. The number of methoxy groups -OCH3 is 1. The molecule has 1 aliphatic carbocycles. The third-order valence-electron chi connectivity index (χ3n) is 4.52. The van der Waals surface area contributed by atoms with Crippen LogP contribution in [-0.4, -0.2) is 24.1 Å². The topological polar surface area (TPSA) is 84.9 Å². The van der Waals surface area contributed by atoms with Crippen molar-refractivity contribution in [1.82, 2.24) is 0 Å². The molecule has 2 N–H and O–H groups in total. The van der Waals surface area contributed by atoms with Gasteiger partial charge in [0.05, 0.1) is 7.11 Å². The van der Waals surface area contributed by atoms with Gasteiger partial charge in [0.2, 0.25) is 0 Å². The van der Waals surface area contributed by atoms with Crippen molar-refractivity contribution in [2.24, 2.45) is 0 Å². The van der Waals surface area contributed by atoms with Crippen LogP contribution in [0.2, 0.25) is 0 Å². The van der Waals surface area contributed by atoms with Crippen LogP contribution in [-0.2, 0) is 27.2 Å².